The smallest absolute Gasteiger partial charge is 0.142 e. The van der Waals surface area contributed by atoms with E-state index < -0.39 is 5.82 Å². The average Bonchev–Trinajstić information content (AvgIpc) is 3.26. The van der Waals surface area contributed by atoms with Crippen molar-refractivity contribution < 1.29 is 8.78 Å². The molecule has 1 aromatic heterocycles. The van der Waals surface area contributed by atoms with E-state index in [9.17, 15) is 8.78 Å². The first-order chi connectivity index (χ1) is 32.1. The van der Waals surface area contributed by atoms with Crippen LogP contribution >= 0.6 is 58.0 Å². The van der Waals surface area contributed by atoms with E-state index in [1.807, 2.05) is 126 Å². The van der Waals surface area contributed by atoms with Gasteiger partial charge in [0.1, 0.15) is 11.6 Å². The second kappa shape index (κ2) is 33.8. The molecule has 0 saturated heterocycles. The number of aromatic nitrogens is 1. The van der Waals surface area contributed by atoms with Crippen LogP contribution in [0.25, 0.3) is 0 Å². The van der Waals surface area contributed by atoms with Gasteiger partial charge < -0.3 is 22.9 Å². The molecular weight excluding hydrogens is 958 g/mol. The molecule has 0 radical (unpaired) electrons. The minimum Gasteiger partial charge on any atom is -0.399 e. The molecule has 7 aromatic carbocycles. The number of hydrogen-bond acceptors (Lipinski definition) is 5. The Bertz CT molecular complexity index is 2410. The summed E-state index contributed by atoms with van der Waals surface area (Å²) < 4.78 is 24.9. The third-order valence-corrected chi connectivity index (χ3v) is 9.84. The SMILES string of the molecule is Cc1cc(Cl)cc(Cl)c1.Cc1cc(F)c(Cl)cc1N.Cc1cc(N)cc(Cl)c1.Cc1ccc(F)c(Cl)c1.Cc1cccc(CN)c1.Cc1cccc(N)c1.Cc1ccccc1.Cc1ccncc1. The normalized spacial score (nSPS) is 9.41. The van der Waals surface area contributed by atoms with Crippen LogP contribution in [0, 0.1) is 67.0 Å². The number of pyridine rings is 1. The molecule has 0 atom stereocenters. The van der Waals surface area contributed by atoms with Gasteiger partial charge in [-0.25, -0.2) is 8.78 Å². The van der Waals surface area contributed by atoms with Crippen LogP contribution in [0.3, 0.4) is 0 Å². The summed E-state index contributed by atoms with van der Waals surface area (Å²) >= 11 is 27.9. The molecule has 0 saturated carbocycles. The van der Waals surface area contributed by atoms with Crippen LogP contribution < -0.4 is 22.9 Å². The first-order valence-electron chi connectivity index (χ1n) is 21.1. The van der Waals surface area contributed by atoms with Gasteiger partial charge in [-0.15, -0.1) is 0 Å². The van der Waals surface area contributed by atoms with Gasteiger partial charge in [-0.3, -0.25) is 4.98 Å². The molecule has 0 aliphatic heterocycles. The van der Waals surface area contributed by atoms with Gasteiger partial charge in [-0.05, 0) is 179 Å². The Balaban J connectivity index is 0.000000389. The summed E-state index contributed by atoms with van der Waals surface area (Å²) in [5, 5.41) is 2.35. The number of halogens is 7. The lowest BCUT2D eigenvalue weighted by atomic mass is 10.1. The molecule has 360 valence electrons. The van der Waals surface area contributed by atoms with E-state index in [1.165, 1.54) is 46.0 Å². The third kappa shape index (κ3) is 29.2. The van der Waals surface area contributed by atoms with Crippen molar-refractivity contribution in [3.05, 3.63) is 257 Å². The van der Waals surface area contributed by atoms with Gasteiger partial charge in [-0.1, -0.05) is 142 Å². The summed E-state index contributed by atoms with van der Waals surface area (Å²) in [4.78, 5) is 3.85. The number of anilines is 3. The van der Waals surface area contributed by atoms with Crippen molar-refractivity contribution in [3.8, 4) is 0 Å². The summed E-state index contributed by atoms with van der Waals surface area (Å²) in [6, 6.07) is 48.5. The van der Waals surface area contributed by atoms with Crippen molar-refractivity contribution in [1.82, 2.24) is 4.98 Å². The van der Waals surface area contributed by atoms with E-state index in [1.54, 1.807) is 43.6 Å². The molecule has 68 heavy (non-hydrogen) atoms. The topological polar surface area (TPSA) is 117 Å². The van der Waals surface area contributed by atoms with Crippen molar-refractivity contribution in [2.45, 2.75) is 61.9 Å². The highest BCUT2D eigenvalue weighted by molar-refractivity contribution is 6.34. The maximum absolute atomic E-state index is 12.6. The lowest BCUT2D eigenvalue weighted by Gasteiger charge is -1.99. The fraction of sp³-hybridized carbons (Fsp3) is 0.161. The van der Waals surface area contributed by atoms with Gasteiger partial charge in [-0.2, -0.15) is 0 Å². The summed E-state index contributed by atoms with van der Waals surface area (Å²) in [5.74, 6) is -0.782. The van der Waals surface area contributed by atoms with Crippen LogP contribution in [0.4, 0.5) is 25.8 Å². The maximum atomic E-state index is 12.6. The van der Waals surface area contributed by atoms with Gasteiger partial charge in [0.25, 0.3) is 0 Å². The van der Waals surface area contributed by atoms with Crippen LogP contribution in [0.2, 0.25) is 25.1 Å². The molecule has 0 spiro atoms. The number of nitrogen functional groups attached to an aromatic ring is 3. The zero-order valence-electron chi connectivity index (χ0n) is 39.8. The van der Waals surface area contributed by atoms with Gasteiger partial charge in [0.05, 0.1) is 10.0 Å². The number of rotatable bonds is 1. The summed E-state index contributed by atoms with van der Waals surface area (Å²) in [6.07, 6.45) is 3.57. The van der Waals surface area contributed by atoms with Gasteiger partial charge >= 0.3 is 0 Å². The zero-order chi connectivity index (χ0) is 51.2. The van der Waals surface area contributed by atoms with E-state index >= 15 is 0 Å². The number of benzene rings is 7. The van der Waals surface area contributed by atoms with Crippen LogP contribution in [0.1, 0.15) is 50.1 Å². The Morgan fingerprint density at radius 1 is 0.397 bits per heavy atom. The monoisotopic (exact) mass is 1020 g/mol. The Morgan fingerprint density at radius 3 is 1.24 bits per heavy atom. The van der Waals surface area contributed by atoms with Crippen molar-refractivity contribution in [2.75, 3.05) is 17.2 Å². The van der Waals surface area contributed by atoms with E-state index in [4.69, 9.17) is 80.9 Å². The number of aryl methyl sites for hydroxylation is 8. The molecule has 0 aliphatic rings. The van der Waals surface area contributed by atoms with Crippen molar-refractivity contribution in [3.63, 3.8) is 0 Å². The Hall–Kier alpha value is -5.64. The molecule has 8 rings (SSSR count). The first-order valence-corrected chi connectivity index (χ1v) is 23.0. The molecular formula is C56H62Cl5F2N5. The predicted octanol–water partition coefficient (Wildman–Crippen LogP) is 17.1. The van der Waals surface area contributed by atoms with E-state index in [0.717, 1.165) is 28.1 Å². The number of nitrogens with zero attached hydrogens (tertiary/aromatic N) is 1. The molecule has 5 nitrogen and oxygen atoms in total. The summed E-state index contributed by atoms with van der Waals surface area (Å²) in [7, 11) is 0. The quantitative estimate of drug-likeness (QED) is 0.122. The highest BCUT2D eigenvalue weighted by atomic mass is 35.5. The van der Waals surface area contributed by atoms with Crippen molar-refractivity contribution >= 4 is 75.1 Å². The predicted molar refractivity (Wildman–Crippen MR) is 293 cm³/mol. The average molecular weight is 1020 g/mol. The van der Waals surface area contributed by atoms with Crippen molar-refractivity contribution in [1.29, 1.82) is 0 Å². The Morgan fingerprint density at radius 2 is 0.868 bits per heavy atom. The standard InChI is InChI=1S/C8H11N.C7H6Cl2.C7H7ClFN.C7H6ClF.C7H8ClN.C7H9N.C7H8.C6H7N/c1-7-3-2-4-8(5-7)6-9;1-5-2-6(8)4-7(9)3-5;1-4-2-6(9)5(8)3-7(4)10;1-5-2-3-7(9)6(8)4-5;1-5-2-6(8)4-7(9)3-5;1-6-3-2-4-7(8)5-6;1-7-5-3-2-4-6-7;1-6-2-4-7-5-3-6/h2-5H,6,9H2,1H3;2-4H,1H3;2-3H,10H2,1H3;2-4H,1H3;2-4H,9H2,1H3;2-5H,8H2,1H3;2-6H,1H3;2-5H,1H3. The van der Waals surface area contributed by atoms with Crippen LogP contribution in [-0.4, -0.2) is 4.98 Å². The highest BCUT2D eigenvalue weighted by Gasteiger charge is 2.01. The zero-order valence-corrected chi connectivity index (χ0v) is 43.6. The van der Waals surface area contributed by atoms with Crippen LogP contribution in [-0.2, 0) is 6.54 Å². The molecule has 12 heteroatoms. The summed E-state index contributed by atoms with van der Waals surface area (Å²) in [6.45, 7) is 16.4. The molecule has 1 heterocycles. The largest absolute Gasteiger partial charge is 0.399 e. The molecule has 0 aliphatic carbocycles. The second-order valence-electron chi connectivity index (χ2n) is 15.3. The molecule has 0 amide bonds. The Labute approximate surface area is 428 Å². The highest BCUT2D eigenvalue weighted by Crippen LogP contribution is 2.21. The Kier molecular flexibility index (Phi) is 30.0. The van der Waals surface area contributed by atoms with Crippen LogP contribution in [0.15, 0.2) is 170 Å². The minimum absolute atomic E-state index is 0.0723. The summed E-state index contributed by atoms with van der Waals surface area (Å²) in [5.41, 5.74) is 34.0. The third-order valence-electron chi connectivity index (χ3n) is 8.60. The fourth-order valence-corrected chi connectivity index (χ4v) is 6.53. The van der Waals surface area contributed by atoms with Gasteiger partial charge in [0.15, 0.2) is 0 Å². The minimum atomic E-state index is -0.423. The van der Waals surface area contributed by atoms with Crippen LogP contribution in [0.5, 0.6) is 0 Å². The molecule has 0 bridgehead atoms. The maximum Gasteiger partial charge on any atom is 0.142 e. The number of hydrogen-bond donors (Lipinski definition) is 4. The lowest BCUT2D eigenvalue weighted by Crippen LogP contribution is -1.95. The van der Waals surface area contributed by atoms with Gasteiger partial charge in [0, 0.05) is 51.1 Å². The van der Waals surface area contributed by atoms with Crippen molar-refractivity contribution in [2.24, 2.45) is 5.73 Å². The first kappa shape index (κ1) is 60.4. The molecule has 0 unspecified atom stereocenters. The van der Waals surface area contributed by atoms with E-state index in [2.05, 4.69) is 43.1 Å². The number of nitrogens with two attached hydrogens (primary N) is 4. The lowest BCUT2D eigenvalue weighted by molar-refractivity contribution is 0.627. The molecule has 8 N–H and O–H groups in total. The fourth-order valence-electron chi connectivity index (χ4n) is 5.19. The van der Waals surface area contributed by atoms with E-state index in [-0.39, 0.29) is 15.9 Å². The van der Waals surface area contributed by atoms with Gasteiger partial charge in [0.2, 0.25) is 0 Å². The molecule has 8 aromatic rings. The van der Waals surface area contributed by atoms with E-state index in [0.29, 0.717) is 32.9 Å². The molecule has 0 fully saturated rings. The second-order valence-corrected chi connectivity index (χ2v) is 17.5.